The third kappa shape index (κ3) is 2.48. The van der Waals surface area contributed by atoms with Gasteiger partial charge in [-0.25, -0.2) is 4.39 Å². The molecule has 0 aliphatic heterocycles. The van der Waals surface area contributed by atoms with Crippen LogP contribution in [0.5, 0.6) is 0 Å². The highest BCUT2D eigenvalue weighted by Crippen LogP contribution is 2.19. The number of nitrogens with one attached hydrogen (secondary N) is 1. The highest BCUT2D eigenvalue weighted by molar-refractivity contribution is 9.10. The fraction of sp³-hybridized carbons (Fsp3) is 0.333. The molecule has 0 spiro atoms. The number of benzene rings is 1. The lowest BCUT2D eigenvalue weighted by Crippen LogP contribution is -2.10. The van der Waals surface area contributed by atoms with Crippen molar-refractivity contribution < 1.29 is 4.39 Å². The second kappa shape index (κ2) is 3.90. The Labute approximate surface area is 80.1 Å². The minimum absolute atomic E-state index is 0.224. The first-order valence-electron chi connectivity index (χ1n) is 3.81. The van der Waals surface area contributed by atoms with Crippen LogP contribution in [0.3, 0.4) is 0 Å². The Kier molecular flexibility index (Phi) is 3.09. The van der Waals surface area contributed by atoms with E-state index in [1.165, 1.54) is 6.07 Å². The maximum Gasteiger partial charge on any atom is 0.147 e. The molecule has 0 amide bonds. The van der Waals surface area contributed by atoms with E-state index in [-0.39, 0.29) is 11.9 Å². The van der Waals surface area contributed by atoms with E-state index in [0.717, 1.165) is 4.47 Å². The highest BCUT2D eigenvalue weighted by atomic mass is 79.9. The normalized spacial score (nSPS) is 10.4. The van der Waals surface area contributed by atoms with Crippen LogP contribution >= 0.6 is 15.9 Å². The number of halogens is 2. The summed E-state index contributed by atoms with van der Waals surface area (Å²) in [5.74, 6) is -0.224. The lowest BCUT2D eigenvalue weighted by Gasteiger charge is -2.10. The lowest BCUT2D eigenvalue weighted by molar-refractivity contribution is 0.627. The molecule has 0 bridgehead atoms. The predicted molar refractivity (Wildman–Crippen MR) is 52.9 cm³/mol. The summed E-state index contributed by atoms with van der Waals surface area (Å²) >= 11 is 3.19. The van der Waals surface area contributed by atoms with E-state index in [1.54, 1.807) is 6.07 Å². The third-order valence-electron chi connectivity index (χ3n) is 1.38. The van der Waals surface area contributed by atoms with Gasteiger partial charge in [-0.2, -0.15) is 0 Å². The molecular weight excluding hydrogens is 221 g/mol. The van der Waals surface area contributed by atoms with Crippen LogP contribution in [0.1, 0.15) is 13.8 Å². The summed E-state index contributed by atoms with van der Waals surface area (Å²) in [6, 6.07) is 5.23. The Hall–Kier alpha value is -0.570. The lowest BCUT2D eigenvalue weighted by atomic mass is 10.3. The highest BCUT2D eigenvalue weighted by Gasteiger charge is 2.02. The van der Waals surface area contributed by atoms with Gasteiger partial charge in [-0.05, 0) is 32.0 Å². The van der Waals surface area contributed by atoms with Crippen molar-refractivity contribution in [2.24, 2.45) is 0 Å². The Morgan fingerprint density at radius 1 is 1.42 bits per heavy atom. The van der Waals surface area contributed by atoms with E-state index in [4.69, 9.17) is 0 Å². The van der Waals surface area contributed by atoms with Crippen molar-refractivity contribution in [3.63, 3.8) is 0 Å². The van der Waals surface area contributed by atoms with Crippen LogP contribution in [0.25, 0.3) is 0 Å². The van der Waals surface area contributed by atoms with Gasteiger partial charge in [-0.1, -0.05) is 15.9 Å². The summed E-state index contributed by atoms with van der Waals surface area (Å²) in [5.41, 5.74) is 0.549. The monoisotopic (exact) mass is 231 g/mol. The molecule has 66 valence electrons. The van der Waals surface area contributed by atoms with Gasteiger partial charge in [-0.3, -0.25) is 0 Å². The SMILES string of the molecule is CC(C)Nc1ccc(Br)cc1F. The van der Waals surface area contributed by atoms with Crippen LogP contribution in [0, 0.1) is 5.82 Å². The van der Waals surface area contributed by atoms with Gasteiger partial charge in [0.05, 0.1) is 5.69 Å². The standard InChI is InChI=1S/C9H11BrFN/c1-6(2)12-9-4-3-7(10)5-8(9)11/h3-6,12H,1-2H3. The zero-order valence-electron chi connectivity index (χ0n) is 7.07. The number of hydrogen-bond acceptors (Lipinski definition) is 1. The van der Waals surface area contributed by atoms with Gasteiger partial charge >= 0.3 is 0 Å². The summed E-state index contributed by atoms with van der Waals surface area (Å²) in [7, 11) is 0. The molecule has 0 aliphatic carbocycles. The molecule has 0 radical (unpaired) electrons. The first-order chi connectivity index (χ1) is 5.59. The van der Waals surface area contributed by atoms with Crippen molar-refractivity contribution in [2.45, 2.75) is 19.9 Å². The van der Waals surface area contributed by atoms with Crippen molar-refractivity contribution >= 4 is 21.6 Å². The molecule has 0 aliphatic rings. The van der Waals surface area contributed by atoms with Gasteiger partial charge in [0, 0.05) is 10.5 Å². The van der Waals surface area contributed by atoms with E-state index in [2.05, 4.69) is 21.2 Å². The molecule has 1 aromatic carbocycles. The molecule has 0 unspecified atom stereocenters. The maximum absolute atomic E-state index is 13.1. The molecule has 0 fully saturated rings. The molecule has 0 atom stereocenters. The molecule has 0 saturated carbocycles. The second-order valence-electron chi connectivity index (χ2n) is 2.92. The largest absolute Gasteiger partial charge is 0.381 e. The Morgan fingerprint density at radius 2 is 2.08 bits per heavy atom. The minimum Gasteiger partial charge on any atom is -0.381 e. The maximum atomic E-state index is 13.1. The van der Waals surface area contributed by atoms with Crippen LogP contribution in [0.2, 0.25) is 0 Å². The zero-order valence-corrected chi connectivity index (χ0v) is 8.65. The summed E-state index contributed by atoms with van der Waals surface area (Å²) in [6.07, 6.45) is 0. The van der Waals surface area contributed by atoms with Crippen molar-refractivity contribution in [3.8, 4) is 0 Å². The van der Waals surface area contributed by atoms with E-state index in [1.807, 2.05) is 19.9 Å². The van der Waals surface area contributed by atoms with Crippen LogP contribution in [-0.2, 0) is 0 Å². The first kappa shape index (κ1) is 9.52. The molecule has 0 saturated heterocycles. The average Bonchev–Trinajstić information content (AvgIpc) is 1.94. The second-order valence-corrected chi connectivity index (χ2v) is 3.84. The Balaban J connectivity index is 2.86. The molecule has 0 heterocycles. The van der Waals surface area contributed by atoms with Crippen molar-refractivity contribution in [3.05, 3.63) is 28.5 Å². The molecule has 1 rings (SSSR count). The van der Waals surface area contributed by atoms with E-state index >= 15 is 0 Å². The molecular formula is C9H11BrFN. The molecule has 1 N–H and O–H groups in total. The summed E-state index contributed by atoms with van der Waals surface area (Å²) in [6.45, 7) is 3.95. The smallest absolute Gasteiger partial charge is 0.147 e. The molecule has 1 nitrogen and oxygen atoms in total. The van der Waals surface area contributed by atoms with Gasteiger partial charge in [0.1, 0.15) is 5.82 Å². The molecule has 3 heteroatoms. The van der Waals surface area contributed by atoms with Crippen molar-refractivity contribution in [1.82, 2.24) is 0 Å². The fourth-order valence-electron chi connectivity index (χ4n) is 0.918. The van der Waals surface area contributed by atoms with Crippen LogP contribution < -0.4 is 5.32 Å². The molecule has 12 heavy (non-hydrogen) atoms. The van der Waals surface area contributed by atoms with Crippen LogP contribution in [0.15, 0.2) is 22.7 Å². The van der Waals surface area contributed by atoms with Crippen molar-refractivity contribution in [1.29, 1.82) is 0 Å². The Bertz CT molecular complexity index is 273. The number of hydrogen-bond donors (Lipinski definition) is 1. The average molecular weight is 232 g/mol. The number of rotatable bonds is 2. The summed E-state index contributed by atoms with van der Waals surface area (Å²) in [5, 5.41) is 3.00. The van der Waals surface area contributed by atoms with Gasteiger partial charge in [0.2, 0.25) is 0 Å². The molecule has 0 aromatic heterocycles. The summed E-state index contributed by atoms with van der Waals surface area (Å²) in [4.78, 5) is 0. The zero-order chi connectivity index (χ0) is 9.14. The van der Waals surface area contributed by atoms with Crippen LogP contribution in [-0.4, -0.2) is 6.04 Å². The number of anilines is 1. The van der Waals surface area contributed by atoms with Gasteiger partial charge in [0.15, 0.2) is 0 Å². The minimum atomic E-state index is -0.224. The third-order valence-corrected chi connectivity index (χ3v) is 1.87. The summed E-state index contributed by atoms with van der Waals surface area (Å²) < 4.78 is 13.9. The van der Waals surface area contributed by atoms with E-state index < -0.39 is 0 Å². The quantitative estimate of drug-likeness (QED) is 0.823. The van der Waals surface area contributed by atoms with Gasteiger partial charge < -0.3 is 5.32 Å². The molecule has 1 aromatic rings. The predicted octanol–water partition coefficient (Wildman–Crippen LogP) is 3.41. The topological polar surface area (TPSA) is 12.0 Å². The van der Waals surface area contributed by atoms with E-state index in [9.17, 15) is 4.39 Å². The fourth-order valence-corrected chi connectivity index (χ4v) is 1.25. The van der Waals surface area contributed by atoms with Gasteiger partial charge in [0.25, 0.3) is 0 Å². The van der Waals surface area contributed by atoms with Crippen molar-refractivity contribution in [2.75, 3.05) is 5.32 Å². The first-order valence-corrected chi connectivity index (χ1v) is 4.60. The van der Waals surface area contributed by atoms with E-state index in [0.29, 0.717) is 5.69 Å². The van der Waals surface area contributed by atoms with Crippen LogP contribution in [0.4, 0.5) is 10.1 Å². The Morgan fingerprint density at radius 3 is 2.58 bits per heavy atom. The van der Waals surface area contributed by atoms with Gasteiger partial charge in [-0.15, -0.1) is 0 Å².